The van der Waals surface area contributed by atoms with Crippen LogP contribution in [0, 0.1) is 0 Å². The first-order chi connectivity index (χ1) is 22.2. The SMILES string of the molecule is CCCCCCCCCCCCCCCCCCN(CCOCC(O)CO)C(=O)COCCCCCCCCCCCCCC. The van der Waals surface area contributed by atoms with Crippen LogP contribution in [0.4, 0.5) is 0 Å². The van der Waals surface area contributed by atoms with Gasteiger partial charge in [-0.2, -0.15) is 0 Å². The van der Waals surface area contributed by atoms with E-state index in [0.29, 0.717) is 19.8 Å². The lowest BCUT2D eigenvalue weighted by atomic mass is 10.0. The van der Waals surface area contributed by atoms with Crippen molar-refractivity contribution in [2.45, 2.75) is 200 Å². The van der Waals surface area contributed by atoms with Crippen molar-refractivity contribution < 1.29 is 24.5 Å². The molecule has 0 heterocycles. The molecule has 0 aromatic rings. The molecule has 1 amide bonds. The molecule has 0 rings (SSSR count). The average Bonchev–Trinajstić information content (AvgIpc) is 3.05. The number of aliphatic hydroxyl groups is 2. The van der Waals surface area contributed by atoms with Crippen LogP contribution in [0.5, 0.6) is 0 Å². The number of hydrogen-bond donors (Lipinski definition) is 2. The third-order valence-corrected chi connectivity index (χ3v) is 9.03. The van der Waals surface area contributed by atoms with E-state index in [0.717, 1.165) is 25.8 Å². The largest absolute Gasteiger partial charge is 0.394 e. The van der Waals surface area contributed by atoms with Gasteiger partial charge in [0.1, 0.15) is 12.7 Å². The minimum Gasteiger partial charge on any atom is -0.394 e. The van der Waals surface area contributed by atoms with Crippen molar-refractivity contribution in [1.82, 2.24) is 4.90 Å². The van der Waals surface area contributed by atoms with E-state index >= 15 is 0 Å². The van der Waals surface area contributed by atoms with Crippen LogP contribution in [0.15, 0.2) is 0 Å². The second kappa shape index (κ2) is 37.8. The Morgan fingerprint density at radius 1 is 0.511 bits per heavy atom. The Hall–Kier alpha value is -0.690. The van der Waals surface area contributed by atoms with Gasteiger partial charge in [0.05, 0.1) is 19.8 Å². The van der Waals surface area contributed by atoms with Crippen molar-refractivity contribution in [2.75, 3.05) is 46.1 Å². The minimum atomic E-state index is -0.867. The normalized spacial score (nSPS) is 12.2. The van der Waals surface area contributed by atoms with Crippen LogP contribution in [0.3, 0.4) is 0 Å². The molecule has 45 heavy (non-hydrogen) atoms. The van der Waals surface area contributed by atoms with E-state index in [-0.39, 0.29) is 25.7 Å². The molecule has 0 aromatic carbocycles. The quantitative estimate of drug-likeness (QED) is 0.0656. The number of hydrogen-bond acceptors (Lipinski definition) is 5. The number of unbranched alkanes of at least 4 members (excludes halogenated alkanes) is 26. The molecule has 1 atom stereocenters. The summed E-state index contributed by atoms with van der Waals surface area (Å²) in [7, 11) is 0. The number of carbonyl (C=O) groups is 1. The smallest absolute Gasteiger partial charge is 0.248 e. The Labute approximate surface area is 280 Å². The molecule has 0 bridgehead atoms. The molecule has 6 heteroatoms. The molecule has 0 saturated carbocycles. The topological polar surface area (TPSA) is 79.2 Å². The zero-order valence-corrected chi connectivity index (χ0v) is 30.4. The van der Waals surface area contributed by atoms with Crippen LogP contribution in [-0.2, 0) is 14.3 Å². The maximum absolute atomic E-state index is 12.9. The Kier molecular flexibility index (Phi) is 37.2. The van der Waals surface area contributed by atoms with E-state index in [1.807, 2.05) is 4.90 Å². The third-order valence-electron chi connectivity index (χ3n) is 9.03. The summed E-state index contributed by atoms with van der Waals surface area (Å²) >= 11 is 0. The molecule has 0 aromatic heterocycles. The Balaban J connectivity index is 3.90. The average molecular weight is 642 g/mol. The van der Waals surface area contributed by atoms with Crippen LogP contribution in [-0.4, -0.2) is 73.2 Å². The van der Waals surface area contributed by atoms with Crippen LogP contribution >= 0.6 is 0 Å². The molecule has 270 valence electrons. The van der Waals surface area contributed by atoms with Crippen molar-refractivity contribution in [3.05, 3.63) is 0 Å². The summed E-state index contributed by atoms with van der Waals surface area (Å²) in [4.78, 5) is 14.8. The van der Waals surface area contributed by atoms with Crippen LogP contribution in [0.1, 0.15) is 194 Å². The van der Waals surface area contributed by atoms with Crippen molar-refractivity contribution in [3.63, 3.8) is 0 Å². The van der Waals surface area contributed by atoms with E-state index in [4.69, 9.17) is 14.6 Å². The van der Waals surface area contributed by atoms with Gasteiger partial charge in [0.2, 0.25) is 5.91 Å². The molecule has 0 radical (unpaired) electrons. The van der Waals surface area contributed by atoms with Crippen LogP contribution in [0.25, 0.3) is 0 Å². The molecule has 0 fully saturated rings. The van der Waals surface area contributed by atoms with Gasteiger partial charge in [-0.3, -0.25) is 4.79 Å². The highest BCUT2D eigenvalue weighted by Gasteiger charge is 2.14. The second-order valence-corrected chi connectivity index (χ2v) is 13.5. The Morgan fingerprint density at radius 3 is 1.29 bits per heavy atom. The standard InChI is InChI=1S/C39H79NO5/c1-3-5-7-9-11-13-15-17-18-19-20-21-23-25-27-29-31-40(32-34-45-36-38(42)35-41)39(43)37-44-33-30-28-26-24-22-16-14-12-10-8-6-4-2/h38,41-42H,3-37H2,1-2H3. The summed E-state index contributed by atoms with van der Waals surface area (Å²) < 4.78 is 11.2. The van der Waals surface area contributed by atoms with Crippen molar-refractivity contribution >= 4 is 5.91 Å². The molecular formula is C39H79NO5. The lowest BCUT2D eigenvalue weighted by molar-refractivity contribution is -0.137. The Bertz CT molecular complexity index is 576. The van der Waals surface area contributed by atoms with Crippen molar-refractivity contribution in [1.29, 1.82) is 0 Å². The molecule has 0 aliphatic heterocycles. The number of aliphatic hydroxyl groups excluding tert-OH is 2. The molecule has 0 spiro atoms. The third kappa shape index (κ3) is 34.5. The van der Waals surface area contributed by atoms with Gasteiger partial charge in [0.25, 0.3) is 0 Å². The van der Waals surface area contributed by atoms with Gasteiger partial charge < -0.3 is 24.6 Å². The van der Waals surface area contributed by atoms with Gasteiger partial charge in [-0.05, 0) is 12.8 Å². The monoisotopic (exact) mass is 642 g/mol. The molecule has 2 N–H and O–H groups in total. The van der Waals surface area contributed by atoms with Gasteiger partial charge in [-0.25, -0.2) is 0 Å². The highest BCUT2D eigenvalue weighted by Crippen LogP contribution is 2.15. The summed E-state index contributed by atoms with van der Waals surface area (Å²) in [6, 6.07) is 0. The number of amides is 1. The summed E-state index contributed by atoms with van der Waals surface area (Å²) in [6.45, 7) is 6.70. The predicted octanol–water partition coefficient (Wildman–Crippen LogP) is 10.2. The molecule has 0 saturated heterocycles. The molecule has 6 nitrogen and oxygen atoms in total. The first kappa shape index (κ1) is 44.3. The number of rotatable bonds is 38. The number of carbonyl (C=O) groups excluding carboxylic acids is 1. The summed E-state index contributed by atoms with van der Waals surface area (Å²) in [5, 5.41) is 18.5. The van der Waals surface area contributed by atoms with E-state index in [2.05, 4.69) is 13.8 Å². The fourth-order valence-electron chi connectivity index (χ4n) is 5.95. The lowest BCUT2D eigenvalue weighted by Gasteiger charge is -2.23. The van der Waals surface area contributed by atoms with Gasteiger partial charge in [0, 0.05) is 19.7 Å². The summed E-state index contributed by atoms with van der Waals surface area (Å²) in [5.74, 6) is 0.0289. The first-order valence-corrected chi connectivity index (χ1v) is 19.9. The molecule has 1 unspecified atom stereocenters. The van der Waals surface area contributed by atoms with E-state index in [9.17, 15) is 9.90 Å². The highest BCUT2D eigenvalue weighted by molar-refractivity contribution is 5.77. The second-order valence-electron chi connectivity index (χ2n) is 13.5. The number of nitrogens with zero attached hydrogens (tertiary/aromatic N) is 1. The Morgan fingerprint density at radius 2 is 0.889 bits per heavy atom. The van der Waals surface area contributed by atoms with Gasteiger partial charge in [-0.15, -0.1) is 0 Å². The first-order valence-electron chi connectivity index (χ1n) is 19.9. The maximum atomic E-state index is 12.9. The van der Waals surface area contributed by atoms with Crippen molar-refractivity contribution in [3.8, 4) is 0 Å². The number of ether oxygens (including phenoxy) is 2. The van der Waals surface area contributed by atoms with Gasteiger partial charge in [0.15, 0.2) is 0 Å². The van der Waals surface area contributed by atoms with E-state index < -0.39 is 6.10 Å². The van der Waals surface area contributed by atoms with Crippen LogP contribution in [0.2, 0.25) is 0 Å². The van der Waals surface area contributed by atoms with Crippen molar-refractivity contribution in [2.24, 2.45) is 0 Å². The molecule has 0 aliphatic carbocycles. The zero-order valence-electron chi connectivity index (χ0n) is 30.4. The summed E-state index contributed by atoms with van der Waals surface area (Å²) in [5.41, 5.74) is 0. The van der Waals surface area contributed by atoms with Gasteiger partial charge >= 0.3 is 0 Å². The fraction of sp³-hybridized carbons (Fsp3) is 0.974. The van der Waals surface area contributed by atoms with Gasteiger partial charge in [-0.1, -0.05) is 181 Å². The maximum Gasteiger partial charge on any atom is 0.248 e. The zero-order chi connectivity index (χ0) is 32.9. The van der Waals surface area contributed by atoms with E-state index in [1.54, 1.807) is 0 Å². The molecular weight excluding hydrogens is 562 g/mol. The van der Waals surface area contributed by atoms with E-state index in [1.165, 1.54) is 161 Å². The lowest BCUT2D eigenvalue weighted by Crippen LogP contribution is -2.38. The summed E-state index contributed by atoms with van der Waals surface area (Å²) in [6.07, 6.45) is 36.3. The minimum absolute atomic E-state index is 0.0289. The highest BCUT2D eigenvalue weighted by atomic mass is 16.5. The molecule has 0 aliphatic rings. The predicted molar refractivity (Wildman–Crippen MR) is 192 cm³/mol. The van der Waals surface area contributed by atoms with Crippen LogP contribution < -0.4 is 0 Å². The fourth-order valence-corrected chi connectivity index (χ4v) is 5.95.